The molecule has 3 heterocycles. The van der Waals surface area contributed by atoms with Gasteiger partial charge in [0.15, 0.2) is 0 Å². The third-order valence-electron chi connectivity index (χ3n) is 10.9. The van der Waals surface area contributed by atoms with Gasteiger partial charge in [0, 0.05) is 26.0 Å². The monoisotopic (exact) mass is 789 g/mol. The van der Waals surface area contributed by atoms with Crippen LogP contribution in [0.1, 0.15) is 95.7 Å². The molecule has 0 spiro atoms. The van der Waals surface area contributed by atoms with E-state index in [0.717, 1.165) is 6.42 Å². The first-order valence-electron chi connectivity index (χ1n) is 19.1. The van der Waals surface area contributed by atoms with Crippen LogP contribution in [0.4, 0.5) is 14.0 Å². The smallest absolute Gasteiger partial charge is 0.410 e. The van der Waals surface area contributed by atoms with Gasteiger partial charge in [-0.3, -0.25) is 24.0 Å². The molecule has 0 aromatic heterocycles. The lowest BCUT2D eigenvalue weighted by Crippen LogP contribution is -2.58. The van der Waals surface area contributed by atoms with E-state index >= 15 is 0 Å². The van der Waals surface area contributed by atoms with Gasteiger partial charge in [-0.15, -0.1) is 0 Å². The van der Waals surface area contributed by atoms with Crippen molar-refractivity contribution in [1.82, 2.24) is 25.2 Å². The maximum atomic E-state index is 14.7. The Morgan fingerprint density at radius 1 is 1.09 bits per heavy atom. The van der Waals surface area contributed by atoms with Crippen molar-refractivity contribution in [3.63, 3.8) is 0 Å². The third kappa shape index (κ3) is 9.25. The second-order valence-corrected chi connectivity index (χ2v) is 18.1. The van der Waals surface area contributed by atoms with E-state index in [9.17, 15) is 36.8 Å². The highest BCUT2D eigenvalue weighted by Gasteiger charge is 2.62. The molecule has 302 valence electrons. The summed E-state index contributed by atoms with van der Waals surface area (Å²) < 4.78 is 59.3. The Morgan fingerprint density at radius 3 is 2.56 bits per heavy atom. The predicted octanol–water partition coefficient (Wildman–Crippen LogP) is 3.37. The van der Waals surface area contributed by atoms with E-state index in [1.165, 1.54) is 23.0 Å². The molecule has 15 nitrogen and oxygen atoms in total. The van der Waals surface area contributed by atoms with Crippen LogP contribution in [0.25, 0.3) is 0 Å². The van der Waals surface area contributed by atoms with Crippen LogP contribution in [0.15, 0.2) is 30.4 Å². The standard InChI is InChI=1S/C38H52FN5O10S/c1-37(2,3)54-35(48)40-29-14-9-7-5-6-8-11-23-20-38(23,34(47)42-55(50,51)25-15-16-25)41-32(45)30-19-24(21-44(30)33(29)46)53-36(49)43-18-17-26-27(31(43)22-52-4)12-10-13-28(26)39/h8,10-13,23-25,29-31H,5-7,9,14-22H2,1-4H3,(H,40,48)(H,41,45)(H,42,47)/b11-8-/t23-,24-,29+,30?,31?,38-/m1/s1. The molecule has 6 atom stereocenters. The topological polar surface area (TPSA) is 190 Å². The molecule has 55 heavy (non-hydrogen) atoms. The van der Waals surface area contributed by atoms with E-state index in [1.807, 2.05) is 12.2 Å². The van der Waals surface area contributed by atoms with E-state index in [2.05, 4.69) is 15.4 Å². The maximum absolute atomic E-state index is 14.7. The molecule has 3 N–H and O–H groups in total. The summed E-state index contributed by atoms with van der Waals surface area (Å²) in [5, 5.41) is 4.82. The van der Waals surface area contributed by atoms with Crippen LogP contribution in [0.3, 0.4) is 0 Å². The number of methoxy groups -OCH3 is 1. The maximum Gasteiger partial charge on any atom is 0.410 e. The van der Waals surface area contributed by atoms with Crippen LogP contribution in [-0.2, 0) is 45.0 Å². The van der Waals surface area contributed by atoms with Crippen molar-refractivity contribution in [2.45, 2.75) is 126 Å². The number of alkyl carbamates (subject to hydrolysis) is 1. The minimum atomic E-state index is -3.93. The van der Waals surface area contributed by atoms with Crippen molar-refractivity contribution in [2.24, 2.45) is 5.92 Å². The van der Waals surface area contributed by atoms with E-state index in [1.54, 1.807) is 32.9 Å². The molecule has 3 aliphatic heterocycles. The largest absolute Gasteiger partial charge is 0.444 e. The van der Waals surface area contributed by atoms with Gasteiger partial charge in [-0.1, -0.05) is 37.1 Å². The van der Waals surface area contributed by atoms with Crippen molar-refractivity contribution in [2.75, 3.05) is 26.8 Å². The number of carbonyl (C=O) groups is 5. The van der Waals surface area contributed by atoms with Gasteiger partial charge >= 0.3 is 12.2 Å². The molecule has 0 radical (unpaired) electrons. The zero-order valence-corrected chi connectivity index (χ0v) is 32.6. The second kappa shape index (κ2) is 16.1. The second-order valence-electron chi connectivity index (χ2n) is 16.2. The van der Waals surface area contributed by atoms with E-state index in [0.29, 0.717) is 43.2 Å². The van der Waals surface area contributed by atoms with E-state index in [4.69, 9.17) is 14.2 Å². The Balaban J connectivity index is 1.27. The number of amides is 5. The number of hydrogen-bond acceptors (Lipinski definition) is 10. The van der Waals surface area contributed by atoms with Gasteiger partial charge in [0.1, 0.15) is 35.1 Å². The SMILES string of the molecule is COCC1c2cccc(F)c2CCN1C(=O)O[C@@H]1CC2C(=O)N[C@]3(C(=O)NS(=O)(=O)C4CC4)C[C@H]3/C=C\CCCCC[C@H](NC(=O)OC(C)(C)C)C(=O)N2C1. The van der Waals surface area contributed by atoms with Crippen LogP contribution < -0.4 is 15.4 Å². The fourth-order valence-electron chi connectivity index (χ4n) is 7.77. The highest BCUT2D eigenvalue weighted by molar-refractivity contribution is 7.91. The first kappa shape index (κ1) is 40.4. The van der Waals surface area contributed by atoms with Crippen molar-refractivity contribution in [3.8, 4) is 0 Å². The lowest BCUT2D eigenvalue weighted by molar-refractivity contribution is -0.141. The van der Waals surface area contributed by atoms with Crippen LogP contribution >= 0.6 is 0 Å². The number of fused-ring (bicyclic) bond motifs is 3. The predicted molar refractivity (Wildman–Crippen MR) is 196 cm³/mol. The Morgan fingerprint density at radius 2 is 1.85 bits per heavy atom. The summed E-state index contributed by atoms with van der Waals surface area (Å²) in [4.78, 5) is 71.9. The van der Waals surface area contributed by atoms with Gasteiger partial charge < -0.3 is 29.7 Å². The van der Waals surface area contributed by atoms with Gasteiger partial charge in [-0.25, -0.2) is 22.4 Å². The molecule has 0 bridgehead atoms. The Hall–Kier alpha value is -4.25. The van der Waals surface area contributed by atoms with E-state index in [-0.39, 0.29) is 51.2 Å². The summed E-state index contributed by atoms with van der Waals surface area (Å²) in [6.45, 7) is 5.08. The van der Waals surface area contributed by atoms with Gasteiger partial charge in [-0.2, -0.15) is 0 Å². The normalized spacial score (nSPS) is 29.3. The lowest BCUT2D eigenvalue weighted by atomic mass is 9.93. The highest BCUT2D eigenvalue weighted by atomic mass is 32.2. The minimum Gasteiger partial charge on any atom is -0.444 e. The van der Waals surface area contributed by atoms with Crippen molar-refractivity contribution >= 4 is 39.9 Å². The number of ether oxygens (including phenoxy) is 3. The molecule has 1 aromatic rings. The molecule has 2 saturated carbocycles. The Bertz CT molecular complexity index is 1810. The van der Waals surface area contributed by atoms with Gasteiger partial charge in [0.2, 0.25) is 21.8 Å². The number of nitrogens with zero attached hydrogens (tertiary/aromatic N) is 2. The van der Waals surface area contributed by atoms with Crippen LogP contribution in [-0.4, -0.2) is 110 Å². The molecule has 2 unspecified atom stereocenters. The summed E-state index contributed by atoms with van der Waals surface area (Å²) >= 11 is 0. The van der Waals surface area contributed by atoms with Gasteiger partial charge in [0.05, 0.1) is 24.4 Å². The molecule has 17 heteroatoms. The number of hydrogen-bond donors (Lipinski definition) is 3. The number of halogens is 1. The zero-order valence-electron chi connectivity index (χ0n) is 31.8. The van der Waals surface area contributed by atoms with E-state index < -0.39 is 86.5 Å². The zero-order chi connectivity index (χ0) is 39.7. The fraction of sp³-hybridized carbons (Fsp3) is 0.658. The Kier molecular flexibility index (Phi) is 11.8. The molecule has 2 aliphatic carbocycles. The van der Waals surface area contributed by atoms with Crippen molar-refractivity contribution in [1.29, 1.82) is 0 Å². The molecule has 1 saturated heterocycles. The van der Waals surface area contributed by atoms with Crippen LogP contribution in [0.5, 0.6) is 0 Å². The number of benzene rings is 1. The van der Waals surface area contributed by atoms with Gasteiger partial charge in [-0.05, 0) is 82.9 Å². The number of carbonyl (C=O) groups excluding carboxylic acids is 5. The molecular formula is C38H52FN5O10S. The molecule has 6 rings (SSSR count). The summed E-state index contributed by atoms with van der Waals surface area (Å²) in [6.07, 6.45) is 5.25. The first-order valence-corrected chi connectivity index (χ1v) is 20.7. The average Bonchev–Trinajstić information content (AvgIpc) is 4.03. The molecule has 5 aliphatic rings. The molecule has 5 amide bonds. The minimum absolute atomic E-state index is 0.0695. The molecular weight excluding hydrogens is 738 g/mol. The average molecular weight is 790 g/mol. The number of sulfonamides is 1. The highest BCUT2D eigenvalue weighted by Crippen LogP contribution is 2.46. The van der Waals surface area contributed by atoms with Crippen LogP contribution in [0, 0.1) is 11.7 Å². The summed E-state index contributed by atoms with van der Waals surface area (Å²) in [5.74, 6) is -3.04. The quantitative estimate of drug-likeness (QED) is 0.346. The molecule has 1 aromatic carbocycles. The number of allylic oxidation sites excluding steroid dienone is 1. The Labute approximate surface area is 321 Å². The summed E-state index contributed by atoms with van der Waals surface area (Å²) in [6, 6.07) is 1.67. The summed E-state index contributed by atoms with van der Waals surface area (Å²) in [7, 11) is -2.46. The third-order valence-corrected chi connectivity index (χ3v) is 12.7. The van der Waals surface area contributed by atoms with Crippen LogP contribution in [0.2, 0.25) is 0 Å². The number of rotatable bonds is 7. The van der Waals surface area contributed by atoms with Crippen molar-refractivity contribution in [3.05, 3.63) is 47.3 Å². The van der Waals surface area contributed by atoms with Gasteiger partial charge in [0.25, 0.3) is 5.91 Å². The summed E-state index contributed by atoms with van der Waals surface area (Å²) in [5.41, 5.74) is -1.34. The van der Waals surface area contributed by atoms with Crippen molar-refractivity contribution < 1.29 is 51.0 Å². The first-order chi connectivity index (χ1) is 26.0. The molecule has 3 fully saturated rings. The number of nitrogens with one attached hydrogen (secondary N) is 3. The fourth-order valence-corrected chi connectivity index (χ4v) is 9.13. The lowest BCUT2D eigenvalue weighted by Gasteiger charge is -2.36.